The zero-order valence-corrected chi connectivity index (χ0v) is 13.9. The molecular formula is C16H28N2O3. The third-order valence-electron chi connectivity index (χ3n) is 3.60. The van der Waals surface area contributed by atoms with Crippen LogP contribution < -0.4 is 19.5 Å². The molecule has 120 valence electrons. The molecule has 1 aromatic rings. The van der Waals surface area contributed by atoms with Crippen molar-refractivity contribution in [3.8, 4) is 17.2 Å². The number of rotatable bonds is 10. The molecule has 0 aliphatic carbocycles. The van der Waals surface area contributed by atoms with E-state index in [1.165, 1.54) is 0 Å². The lowest BCUT2D eigenvalue weighted by Crippen LogP contribution is -2.31. The molecule has 0 spiro atoms. The fourth-order valence-corrected chi connectivity index (χ4v) is 2.30. The first kappa shape index (κ1) is 17.6. The van der Waals surface area contributed by atoms with Gasteiger partial charge in [0.1, 0.15) is 0 Å². The first-order valence-electron chi connectivity index (χ1n) is 7.42. The quantitative estimate of drug-likeness (QED) is 0.670. The van der Waals surface area contributed by atoms with Gasteiger partial charge in [0.05, 0.1) is 21.3 Å². The molecule has 0 aliphatic rings. The van der Waals surface area contributed by atoms with Gasteiger partial charge < -0.3 is 24.4 Å². The molecule has 21 heavy (non-hydrogen) atoms. The van der Waals surface area contributed by atoms with E-state index >= 15 is 0 Å². The van der Waals surface area contributed by atoms with Gasteiger partial charge in [0.2, 0.25) is 5.75 Å². The van der Waals surface area contributed by atoms with Crippen molar-refractivity contribution in [3.63, 3.8) is 0 Å². The normalized spacial score (nSPS) is 10.8. The van der Waals surface area contributed by atoms with Crippen LogP contribution in [0.15, 0.2) is 12.1 Å². The number of likely N-dealkylation sites (N-methyl/N-ethyl adjacent to an activating group) is 1. The van der Waals surface area contributed by atoms with Crippen molar-refractivity contribution in [2.75, 3.05) is 47.5 Å². The van der Waals surface area contributed by atoms with Crippen molar-refractivity contribution in [1.82, 2.24) is 10.2 Å². The van der Waals surface area contributed by atoms with Crippen molar-refractivity contribution in [3.05, 3.63) is 17.7 Å². The summed E-state index contributed by atoms with van der Waals surface area (Å²) < 4.78 is 16.2. The second-order valence-electron chi connectivity index (χ2n) is 4.70. The predicted octanol–water partition coefficient (Wildman–Crippen LogP) is 2.14. The summed E-state index contributed by atoms with van der Waals surface area (Å²) in [7, 11) is 4.90. The summed E-state index contributed by atoms with van der Waals surface area (Å²) in [4.78, 5) is 2.39. The average molecular weight is 296 g/mol. The van der Waals surface area contributed by atoms with Gasteiger partial charge in [0.25, 0.3) is 0 Å². The zero-order valence-electron chi connectivity index (χ0n) is 13.9. The highest BCUT2D eigenvalue weighted by atomic mass is 16.5. The van der Waals surface area contributed by atoms with E-state index in [4.69, 9.17) is 14.2 Å². The molecule has 0 aromatic heterocycles. The van der Waals surface area contributed by atoms with Crippen LogP contribution in [0.4, 0.5) is 0 Å². The van der Waals surface area contributed by atoms with Gasteiger partial charge in [-0.3, -0.25) is 0 Å². The summed E-state index contributed by atoms with van der Waals surface area (Å²) in [6, 6.07) is 3.91. The van der Waals surface area contributed by atoms with Gasteiger partial charge in [-0.05, 0) is 19.2 Å². The molecule has 1 rings (SSSR count). The van der Waals surface area contributed by atoms with E-state index in [0.717, 1.165) is 44.0 Å². The predicted molar refractivity (Wildman–Crippen MR) is 85.6 cm³/mol. The molecule has 5 heteroatoms. The van der Waals surface area contributed by atoms with Gasteiger partial charge in [-0.15, -0.1) is 0 Å². The van der Waals surface area contributed by atoms with Crippen molar-refractivity contribution in [2.24, 2.45) is 0 Å². The lowest BCUT2D eigenvalue weighted by molar-refractivity contribution is 0.301. The molecule has 0 saturated heterocycles. The van der Waals surface area contributed by atoms with Gasteiger partial charge in [0, 0.05) is 25.2 Å². The second kappa shape index (κ2) is 9.47. The number of benzene rings is 1. The first-order valence-corrected chi connectivity index (χ1v) is 7.42. The Hall–Kier alpha value is -1.46. The minimum absolute atomic E-state index is 0.642. The Morgan fingerprint density at radius 2 is 1.62 bits per heavy atom. The SMILES string of the molecule is CCN(CC)CCNCc1ccc(OC)c(OC)c1OC. The summed E-state index contributed by atoms with van der Waals surface area (Å²) in [5, 5.41) is 3.45. The maximum absolute atomic E-state index is 5.47. The Labute approximate surface area is 128 Å². The van der Waals surface area contributed by atoms with Gasteiger partial charge >= 0.3 is 0 Å². The van der Waals surface area contributed by atoms with Crippen LogP contribution in [0.2, 0.25) is 0 Å². The van der Waals surface area contributed by atoms with Crippen molar-refractivity contribution in [2.45, 2.75) is 20.4 Å². The van der Waals surface area contributed by atoms with Gasteiger partial charge in [0.15, 0.2) is 11.5 Å². The Morgan fingerprint density at radius 1 is 0.952 bits per heavy atom. The minimum Gasteiger partial charge on any atom is -0.493 e. The van der Waals surface area contributed by atoms with E-state index in [2.05, 4.69) is 24.1 Å². The molecule has 0 fully saturated rings. The lowest BCUT2D eigenvalue weighted by atomic mass is 10.1. The molecule has 0 atom stereocenters. The average Bonchev–Trinajstić information content (AvgIpc) is 2.53. The maximum Gasteiger partial charge on any atom is 0.203 e. The summed E-state index contributed by atoms with van der Waals surface area (Å²) in [6.45, 7) is 9.25. The maximum atomic E-state index is 5.47. The Morgan fingerprint density at radius 3 is 2.14 bits per heavy atom. The van der Waals surface area contributed by atoms with Crippen molar-refractivity contribution < 1.29 is 14.2 Å². The number of nitrogens with one attached hydrogen (secondary N) is 1. The molecule has 0 aliphatic heterocycles. The number of hydrogen-bond acceptors (Lipinski definition) is 5. The smallest absolute Gasteiger partial charge is 0.203 e. The number of ether oxygens (including phenoxy) is 3. The molecule has 0 radical (unpaired) electrons. The zero-order chi connectivity index (χ0) is 15.7. The van der Waals surface area contributed by atoms with E-state index in [9.17, 15) is 0 Å². The summed E-state index contributed by atoms with van der Waals surface area (Å²) in [6.07, 6.45) is 0. The number of nitrogens with zero attached hydrogens (tertiary/aromatic N) is 1. The van der Waals surface area contributed by atoms with E-state index in [1.54, 1.807) is 21.3 Å². The van der Waals surface area contributed by atoms with Crippen molar-refractivity contribution in [1.29, 1.82) is 0 Å². The molecule has 1 N–H and O–H groups in total. The second-order valence-corrected chi connectivity index (χ2v) is 4.70. The van der Waals surface area contributed by atoms with Crippen LogP contribution >= 0.6 is 0 Å². The van der Waals surface area contributed by atoms with Crippen LogP contribution in [0.25, 0.3) is 0 Å². The molecule has 5 nitrogen and oxygen atoms in total. The minimum atomic E-state index is 0.642. The molecule has 0 bridgehead atoms. The summed E-state index contributed by atoms with van der Waals surface area (Å²) >= 11 is 0. The molecule has 0 unspecified atom stereocenters. The first-order chi connectivity index (χ1) is 10.2. The van der Waals surface area contributed by atoms with E-state index < -0.39 is 0 Å². The van der Waals surface area contributed by atoms with Crippen LogP contribution in [0.3, 0.4) is 0 Å². The molecule has 0 saturated carbocycles. The van der Waals surface area contributed by atoms with Gasteiger partial charge in [-0.2, -0.15) is 0 Å². The highest BCUT2D eigenvalue weighted by Crippen LogP contribution is 2.39. The third-order valence-corrected chi connectivity index (χ3v) is 3.60. The van der Waals surface area contributed by atoms with Crippen LogP contribution in [-0.2, 0) is 6.54 Å². The monoisotopic (exact) mass is 296 g/mol. The lowest BCUT2D eigenvalue weighted by Gasteiger charge is -2.19. The largest absolute Gasteiger partial charge is 0.493 e. The third kappa shape index (κ3) is 4.79. The van der Waals surface area contributed by atoms with Crippen LogP contribution in [0.5, 0.6) is 17.2 Å². The number of methoxy groups -OCH3 is 3. The molecule has 1 aromatic carbocycles. The summed E-state index contributed by atoms with van der Waals surface area (Å²) in [5.74, 6) is 2.05. The van der Waals surface area contributed by atoms with Crippen molar-refractivity contribution >= 4 is 0 Å². The van der Waals surface area contributed by atoms with Gasteiger partial charge in [-0.1, -0.05) is 19.9 Å². The van der Waals surface area contributed by atoms with E-state index in [0.29, 0.717) is 11.5 Å². The standard InChI is InChI=1S/C16H28N2O3/c1-6-18(7-2)11-10-17-12-13-8-9-14(19-3)16(21-5)15(13)20-4/h8-9,17H,6-7,10-12H2,1-5H3. The molecule has 0 amide bonds. The fourth-order valence-electron chi connectivity index (χ4n) is 2.30. The highest BCUT2D eigenvalue weighted by Gasteiger charge is 2.15. The van der Waals surface area contributed by atoms with E-state index in [1.807, 2.05) is 12.1 Å². The highest BCUT2D eigenvalue weighted by molar-refractivity contribution is 5.55. The Kier molecular flexibility index (Phi) is 7.93. The topological polar surface area (TPSA) is 43.0 Å². The fraction of sp³-hybridized carbons (Fsp3) is 0.625. The van der Waals surface area contributed by atoms with Crippen LogP contribution in [0, 0.1) is 0 Å². The molecular weight excluding hydrogens is 268 g/mol. The van der Waals surface area contributed by atoms with Crippen LogP contribution in [-0.4, -0.2) is 52.4 Å². The van der Waals surface area contributed by atoms with E-state index in [-0.39, 0.29) is 0 Å². The van der Waals surface area contributed by atoms with Gasteiger partial charge in [-0.25, -0.2) is 0 Å². The molecule has 0 heterocycles. The summed E-state index contributed by atoms with van der Waals surface area (Å²) in [5.41, 5.74) is 1.06. The Bertz CT molecular complexity index is 420. The Balaban J connectivity index is 2.66. The van der Waals surface area contributed by atoms with Crippen LogP contribution in [0.1, 0.15) is 19.4 Å². The number of hydrogen-bond donors (Lipinski definition) is 1.